The molecule has 0 saturated heterocycles. The van der Waals surface area contributed by atoms with Crippen molar-refractivity contribution in [2.75, 3.05) is 12.0 Å². The van der Waals surface area contributed by atoms with Gasteiger partial charge in [-0.3, -0.25) is 14.5 Å². The first-order valence-electron chi connectivity index (χ1n) is 10.6. The number of benzene rings is 1. The van der Waals surface area contributed by atoms with Gasteiger partial charge in [0.15, 0.2) is 5.69 Å². The highest BCUT2D eigenvalue weighted by Gasteiger charge is 2.50. The number of hydrogen-bond acceptors (Lipinski definition) is 5. The molecule has 4 rings (SSSR count). The third-order valence-corrected chi connectivity index (χ3v) is 6.24. The van der Waals surface area contributed by atoms with E-state index in [0.717, 1.165) is 36.8 Å². The van der Waals surface area contributed by atoms with Crippen LogP contribution in [-0.4, -0.2) is 46.0 Å². The standard InChI is InChI=1S/C23H28N4O4/c1-14-9-15(2)11-17(10-14)27-20(28)19-18(21(29)31-4)24-13-26(19)12-23(27,3)22(30)25-16-7-5-6-8-16/h9-11,13,16H,5-8,12H2,1-4H3,(H,25,30)/t23-/m1/s1. The molecule has 1 aromatic heterocycles. The highest BCUT2D eigenvalue weighted by molar-refractivity contribution is 6.15. The lowest BCUT2D eigenvalue weighted by Crippen LogP contribution is -2.65. The lowest BCUT2D eigenvalue weighted by atomic mass is 9.92. The number of nitrogens with zero attached hydrogens (tertiary/aromatic N) is 3. The SMILES string of the molecule is COC(=O)c1ncn2c1C(=O)N(c1cc(C)cc(C)c1)[C@@](C)(C(=O)NC1CCCC1)C2. The van der Waals surface area contributed by atoms with Crippen LogP contribution < -0.4 is 10.2 Å². The summed E-state index contributed by atoms with van der Waals surface area (Å²) in [5.74, 6) is -1.33. The molecule has 1 aliphatic carbocycles. The summed E-state index contributed by atoms with van der Waals surface area (Å²) < 4.78 is 6.40. The number of nitrogens with one attached hydrogen (secondary N) is 1. The second kappa shape index (κ2) is 7.83. The van der Waals surface area contributed by atoms with E-state index in [1.54, 1.807) is 11.5 Å². The van der Waals surface area contributed by atoms with Crippen LogP contribution in [0.15, 0.2) is 24.5 Å². The van der Waals surface area contributed by atoms with E-state index < -0.39 is 17.4 Å². The number of anilines is 1. The number of carbonyl (C=O) groups is 3. The molecule has 2 aliphatic rings. The molecule has 1 aliphatic heterocycles. The number of rotatable bonds is 4. The molecule has 1 fully saturated rings. The summed E-state index contributed by atoms with van der Waals surface area (Å²) in [5.41, 5.74) is 1.50. The van der Waals surface area contributed by atoms with Gasteiger partial charge in [0, 0.05) is 11.7 Å². The van der Waals surface area contributed by atoms with E-state index in [-0.39, 0.29) is 29.9 Å². The van der Waals surface area contributed by atoms with Crippen LogP contribution in [0.3, 0.4) is 0 Å². The molecule has 1 saturated carbocycles. The van der Waals surface area contributed by atoms with Gasteiger partial charge in [-0.05, 0) is 56.9 Å². The van der Waals surface area contributed by atoms with Crippen LogP contribution in [0.1, 0.15) is 64.7 Å². The van der Waals surface area contributed by atoms with E-state index in [1.807, 2.05) is 32.0 Å². The number of carbonyl (C=O) groups excluding carboxylic acids is 3. The van der Waals surface area contributed by atoms with Crippen molar-refractivity contribution in [3.63, 3.8) is 0 Å². The minimum absolute atomic E-state index is 0.0415. The van der Waals surface area contributed by atoms with Gasteiger partial charge in [0.25, 0.3) is 5.91 Å². The number of fused-ring (bicyclic) bond motifs is 1. The van der Waals surface area contributed by atoms with Crippen molar-refractivity contribution in [3.8, 4) is 0 Å². The van der Waals surface area contributed by atoms with E-state index in [1.165, 1.54) is 18.3 Å². The molecular formula is C23H28N4O4. The third-order valence-electron chi connectivity index (χ3n) is 6.24. The first-order chi connectivity index (χ1) is 14.7. The Morgan fingerprint density at radius 1 is 1.16 bits per heavy atom. The second-order valence-corrected chi connectivity index (χ2v) is 8.78. The van der Waals surface area contributed by atoms with Crippen molar-refractivity contribution in [3.05, 3.63) is 47.0 Å². The largest absolute Gasteiger partial charge is 0.464 e. The van der Waals surface area contributed by atoms with E-state index >= 15 is 0 Å². The molecule has 0 spiro atoms. The summed E-state index contributed by atoms with van der Waals surface area (Å²) in [6.45, 7) is 5.85. The van der Waals surface area contributed by atoms with Crippen molar-refractivity contribution in [1.82, 2.24) is 14.9 Å². The van der Waals surface area contributed by atoms with Gasteiger partial charge in [0.2, 0.25) is 5.91 Å². The molecule has 0 radical (unpaired) electrons. The predicted octanol–water partition coefficient (Wildman–Crippen LogP) is 2.76. The van der Waals surface area contributed by atoms with E-state index in [0.29, 0.717) is 5.69 Å². The van der Waals surface area contributed by atoms with E-state index in [4.69, 9.17) is 4.74 Å². The van der Waals surface area contributed by atoms with Gasteiger partial charge in [-0.15, -0.1) is 0 Å². The molecule has 2 heterocycles. The van der Waals surface area contributed by atoms with Crippen LogP contribution in [0.2, 0.25) is 0 Å². The van der Waals surface area contributed by atoms with E-state index in [9.17, 15) is 14.4 Å². The van der Waals surface area contributed by atoms with Gasteiger partial charge < -0.3 is 14.6 Å². The van der Waals surface area contributed by atoms with Crippen molar-refractivity contribution < 1.29 is 19.1 Å². The number of aromatic nitrogens is 2. The topological polar surface area (TPSA) is 93.5 Å². The summed E-state index contributed by atoms with van der Waals surface area (Å²) >= 11 is 0. The molecule has 2 amide bonds. The van der Waals surface area contributed by atoms with Gasteiger partial charge in [0.1, 0.15) is 11.2 Å². The average molecular weight is 425 g/mol. The molecule has 2 aromatic rings. The smallest absolute Gasteiger partial charge is 0.359 e. The quantitative estimate of drug-likeness (QED) is 0.762. The highest BCUT2D eigenvalue weighted by Crippen LogP contribution is 2.35. The predicted molar refractivity (Wildman–Crippen MR) is 115 cm³/mol. The maximum Gasteiger partial charge on any atom is 0.359 e. The fourth-order valence-corrected chi connectivity index (χ4v) is 4.77. The summed E-state index contributed by atoms with van der Waals surface area (Å²) in [5, 5.41) is 3.15. The first-order valence-corrected chi connectivity index (χ1v) is 10.6. The lowest BCUT2D eigenvalue weighted by molar-refractivity contribution is -0.127. The van der Waals surface area contributed by atoms with Gasteiger partial charge in [0.05, 0.1) is 20.0 Å². The van der Waals surface area contributed by atoms with Crippen LogP contribution in [0.25, 0.3) is 0 Å². The molecular weight excluding hydrogens is 396 g/mol. The van der Waals surface area contributed by atoms with Gasteiger partial charge in [-0.25, -0.2) is 9.78 Å². The zero-order chi connectivity index (χ0) is 22.3. The molecule has 164 valence electrons. The number of imidazole rings is 1. The number of hydrogen-bond donors (Lipinski definition) is 1. The fourth-order valence-electron chi connectivity index (χ4n) is 4.77. The van der Waals surface area contributed by atoms with Crippen molar-refractivity contribution in [2.24, 2.45) is 0 Å². The second-order valence-electron chi connectivity index (χ2n) is 8.78. The van der Waals surface area contributed by atoms with Crippen LogP contribution >= 0.6 is 0 Å². The molecule has 8 heteroatoms. The van der Waals surface area contributed by atoms with Crippen LogP contribution in [0.5, 0.6) is 0 Å². The molecule has 8 nitrogen and oxygen atoms in total. The Morgan fingerprint density at radius 3 is 2.42 bits per heavy atom. The Balaban J connectivity index is 1.83. The Kier molecular flexibility index (Phi) is 5.33. The number of ether oxygens (including phenoxy) is 1. The van der Waals surface area contributed by atoms with Crippen molar-refractivity contribution in [2.45, 2.75) is 64.6 Å². The Hall–Kier alpha value is -3.16. The maximum atomic E-state index is 13.8. The summed E-state index contributed by atoms with van der Waals surface area (Å²) in [6.07, 6.45) is 5.51. The monoisotopic (exact) mass is 424 g/mol. The number of esters is 1. The normalized spacial score (nSPS) is 21.2. The molecule has 1 N–H and O–H groups in total. The molecule has 0 bridgehead atoms. The molecule has 31 heavy (non-hydrogen) atoms. The number of methoxy groups -OCH3 is 1. The average Bonchev–Trinajstić information content (AvgIpc) is 3.36. The summed E-state index contributed by atoms with van der Waals surface area (Å²) in [6, 6.07) is 5.90. The van der Waals surface area contributed by atoms with Gasteiger partial charge >= 0.3 is 5.97 Å². The Morgan fingerprint density at radius 2 is 1.81 bits per heavy atom. The molecule has 1 aromatic carbocycles. The van der Waals surface area contributed by atoms with Crippen LogP contribution in [-0.2, 0) is 16.1 Å². The van der Waals surface area contributed by atoms with Crippen LogP contribution in [0, 0.1) is 13.8 Å². The minimum atomic E-state index is -1.18. The van der Waals surface area contributed by atoms with Crippen molar-refractivity contribution >= 4 is 23.5 Å². The van der Waals surface area contributed by atoms with Crippen LogP contribution in [0.4, 0.5) is 5.69 Å². The lowest BCUT2D eigenvalue weighted by Gasteiger charge is -2.44. The molecule has 0 unspecified atom stereocenters. The zero-order valence-corrected chi connectivity index (χ0v) is 18.4. The summed E-state index contributed by atoms with van der Waals surface area (Å²) in [7, 11) is 1.25. The third kappa shape index (κ3) is 3.60. The van der Waals surface area contributed by atoms with Gasteiger partial charge in [-0.2, -0.15) is 0 Å². The van der Waals surface area contributed by atoms with E-state index in [2.05, 4.69) is 10.3 Å². The number of amides is 2. The number of aryl methyl sites for hydroxylation is 2. The fraction of sp³-hybridized carbons (Fsp3) is 0.478. The Bertz CT molecular complexity index is 1030. The molecule has 1 atom stereocenters. The zero-order valence-electron chi connectivity index (χ0n) is 18.4. The minimum Gasteiger partial charge on any atom is -0.464 e. The van der Waals surface area contributed by atoms with Gasteiger partial charge in [-0.1, -0.05) is 18.9 Å². The highest BCUT2D eigenvalue weighted by atomic mass is 16.5. The van der Waals surface area contributed by atoms with Crippen molar-refractivity contribution in [1.29, 1.82) is 0 Å². The maximum absolute atomic E-state index is 13.8. The first kappa shape index (κ1) is 21.1. The Labute approximate surface area is 181 Å². The summed E-state index contributed by atoms with van der Waals surface area (Å²) in [4.78, 5) is 45.2.